The summed E-state index contributed by atoms with van der Waals surface area (Å²) < 4.78 is 12.2. The van der Waals surface area contributed by atoms with E-state index < -0.39 is 0 Å². The third-order valence-corrected chi connectivity index (χ3v) is 3.40. The van der Waals surface area contributed by atoms with Gasteiger partial charge in [-0.05, 0) is 41.5 Å². The van der Waals surface area contributed by atoms with Gasteiger partial charge in [-0.3, -0.25) is 0 Å². The molecule has 0 spiro atoms. The van der Waals surface area contributed by atoms with Gasteiger partial charge >= 0.3 is 0 Å². The zero-order chi connectivity index (χ0) is 16.7. The molecule has 0 bridgehead atoms. The van der Waals surface area contributed by atoms with Crippen LogP contribution in [0, 0.1) is 0 Å². The lowest BCUT2D eigenvalue weighted by Gasteiger charge is -2.11. The predicted octanol–water partition coefficient (Wildman–Crippen LogP) is 2.64. The molecule has 0 aromatic heterocycles. The fourth-order valence-corrected chi connectivity index (χ4v) is 2.05. The minimum Gasteiger partial charge on any atom is -0.493 e. The molecule has 0 saturated heterocycles. The maximum absolute atomic E-state index is 5.80. The van der Waals surface area contributed by atoms with Gasteiger partial charge < -0.3 is 20.9 Å². The fraction of sp³-hybridized carbons (Fsp3) is 0.125. The zero-order valence-electron chi connectivity index (χ0n) is 12.6. The van der Waals surface area contributed by atoms with Gasteiger partial charge in [0.1, 0.15) is 6.61 Å². The Kier molecular flexibility index (Phi) is 5.99. The van der Waals surface area contributed by atoms with Crippen molar-refractivity contribution in [3.05, 3.63) is 58.1 Å². The molecule has 0 radical (unpaired) electrons. The van der Waals surface area contributed by atoms with Crippen LogP contribution in [-0.4, -0.2) is 19.3 Å². The van der Waals surface area contributed by atoms with Crippen molar-refractivity contribution in [3.63, 3.8) is 0 Å². The highest BCUT2D eigenvalue weighted by Crippen LogP contribution is 2.28. The summed E-state index contributed by atoms with van der Waals surface area (Å²) in [4.78, 5) is 0. The van der Waals surface area contributed by atoms with E-state index in [0.717, 1.165) is 15.6 Å². The summed E-state index contributed by atoms with van der Waals surface area (Å²) in [5.74, 6) is 1.16. The van der Waals surface area contributed by atoms with Crippen molar-refractivity contribution < 1.29 is 9.47 Å². The van der Waals surface area contributed by atoms with Crippen LogP contribution in [0.4, 0.5) is 0 Å². The van der Waals surface area contributed by atoms with Gasteiger partial charge in [-0.15, -0.1) is 5.10 Å². The van der Waals surface area contributed by atoms with Crippen LogP contribution >= 0.6 is 15.9 Å². The number of nitrogens with two attached hydrogens (primary N) is 2. The van der Waals surface area contributed by atoms with Crippen molar-refractivity contribution >= 4 is 28.1 Å². The topological polar surface area (TPSA) is 95.2 Å². The maximum atomic E-state index is 5.80. The number of ether oxygens (including phenoxy) is 2. The molecule has 120 valence electrons. The van der Waals surface area contributed by atoms with E-state index in [1.807, 2.05) is 36.4 Å². The van der Waals surface area contributed by atoms with Crippen LogP contribution in [0.5, 0.6) is 11.5 Å². The lowest BCUT2D eigenvalue weighted by atomic mass is 10.2. The van der Waals surface area contributed by atoms with Crippen molar-refractivity contribution in [3.8, 4) is 11.5 Å². The monoisotopic (exact) mass is 376 g/mol. The Morgan fingerprint density at radius 2 is 1.87 bits per heavy atom. The zero-order valence-corrected chi connectivity index (χ0v) is 14.2. The van der Waals surface area contributed by atoms with E-state index in [9.17, 15) is 0 Å². The number of benzene rings is 2. The van der Waals surface area contributed by atoms with E-state index in [1.165, 1.54) is 6.21 Å². The van der Waals surface area contributed by atoms with Crippen LogP contribution in [0.1, 0.15) is 11.1 Å². The van der Waals surface area contributed by atoms with Gasteiger partial charge in [-0.1, -0.05) is 28.1 Å². The molecule has 0 saturated carbocycles. The van der Waals surface area contributed by atoms with Gasteiger partial charge in [-0.25, -0.2) is 0 Å². The Morgan fingerprint density at radius 3 is 2.52 bits per heavy atom. The average molecular weight is 377 g/mol. The summed E-state index contributed by atoms with van der Waals surface area (Å²) in [5.41, 5.74) is 12.3. The molecule has 2 aromatic carbocycles. The van der Waals surface area contributed by atoms with Gasteiger partial charge in [0.25, 0.3) is 0 Å². The molecule has 0 amide bonds. The van der Waals surface area contributed by atoms with Crippen molar-refractivity contribution in [1.82, 2.24) is 0 Å². The van der Waals surface area contributed by atoms with Crippen molar-refractivity contribution in [2.75, 3.05) is 7.11 Å². The van der Waals surface area contributed by atoms with Crippen LogP contribution in [0.25, 0.3) is 0 Å². The minimum atomic E-state index is -0.0948. The van der Waals surface area contributed by atoms with Crippen LogP contribution in [0.2, 0.25) is 0 Å². The molecule has 7 heteroatoms. The molecular weight excluding hydrogens is 360 g/mol. The Labute approximate surface area is 142 Å². The second kappa shape index (κ2) is 8.19. The Bertz CT molecular complexity index is 711. The highest BCUT2D eigenvalue weighted by atomic mass is 79.9. The molecule has 4 N–H and O–H groups in total. The maximum Gasteiger partial charge on any atom is 0.211 e. The van der Waals surface area contributed by atoms with E-state index in [-0.39, 0.29) is 5.96 Å². The molecule has 0 aliphatic heterocycles. The summed E-state index contributed by atoms with van der Waals surface area (Å²) >= 11 is 3.40. The third-order valence-electron chi connectivity index (χ3n) is 2.88. The highest BCUT2D eigenvalue weighted by Gasteiger charge is 2.05. The molecule has 0 aliphatic rings. The highest BCUT2D eigenvalue weighted by molar-refractivity contribution is 9.10. The SMILES string of the molecule is COc1cc(C=NN=C(N)N)ccc1OCc1ccc(Br)cc1. The normalized spacial score (nSPS) is 10.5. The molecule has 2 rings (SSSR count). The second-order valence-corrected chi connectivity index (χ2v) is 5.51. The standard InChI is InChI=1S/C16H17BrN4O2/c1-22-15-8-12(9-20-21-16(18)19)4-7-14(15)23-10-11-2-5-13(17)6-3-11/h2-9H,10H2,1H3,(H4,18,19,21). The van der Waals surface area contributed by atoms with Crippen molar-refractivity contribution in [1.29, 1.82) is 0 Å². The number of hydrogen-bond donors (Lipinski definition) is 2. The number of methoxy groups -OCH3 is 1. The second-order valence-electron chi connectivity index (χ2n) is 4.59. The van der Waals surface area contributed by atoms with E-state index in [0.29, 0.717) is 18.1 Å². The van der Waals surface area contributed by atoms with Crippen LogP contribution in [0.15, 0.2) is 57.1 Å². The summed E-state index contributed by atoms with van der Waals surface area (Å²) in [6.07, 6.45) is 1.53. The number of rotatable bonds is 6. The van der Waals surface area contributed by atoms with E-state index in [2.05, 4.69) is 26.1 Å². The van der Waals surface area contributed by atoms with Crippen LogP contribution < -0.4 is 20.9 Å². The van der Waals surface area contributed by atoms with Gasteiger partial charge in [0.15, 0.2) is 11.5 Å². The third kappa shape index (κ3) is 5.30. The lowest BCUT2D eigenvalue weighted by Crippen LogP contribution is -2.21. The summed E-state index contributed by atoms with van der Waals surface area (Å²) in [7, 11) is 1.58. The molecule has 2 aromatic rings. The molecule has 0 aliphatic carbocycles. The minimum absolute atomic E-state index is 0.0948. The smallest absolute Gasteiger partial charge is 0.211 e. The van der Waals surface area contributed by atoms with Gasteiger partial charge in [0.05, 0.1) is 13.3 Å². The Balaban J connectivity index is 2.08. The average Bonchev–Trinajstić information content (AvgIpc) is 2.54. The van der Waals surface area contributed by atoms with Gasteiger partial charge in [0.2, 0.25) is 5.96 Å². The first kappa shape index (κ1) is 16.8. The van der Waals surface area contributed by atoms with E-state index >= 15 is 0 Å². The molecule has 6 nitrogen and oxygen atoms in total. The molecule has 0 unspecified atom stereocenters. The largest absolute Gasteiger partial charge is 0.493 e. The van der Waals surface area contributed by atoms with Crippen molar-refractivity contribution in [2.24, 2.45) is 21.7 Å². The van der Waals surface area contributed by atoms with Crippen molar-refractivity contribution in [2.45, 2.75) is 6.61 Å². The summed E-state index contributed by atoms with van der Waals surface area (Å²) in [5, 5.41) is 7.31. The van der Waals surface area contributed by atoms with E-state index in [4.69, 9.17) is 20.9 Å². The van der Waals surface area contributed by atoms with Gasteiger partial charge in [-0.2, -0.15) is 5.10 Å². The fourth-order valence-electron chi connectivity index (χ4n) is 1.79. The molecule has 23 heavy (non-hydrogen) atoms. The lowest BCUT2D eigenvalue weighted by molar-refractivity contribution is 0.284. The predicted molar refractivity (Wildman–Crippen MR) is 94.9 cm³/mol. The molecule has 0 atom stereocenters. The first-order chi connectivity index (χ1) is 11.1. The number of guanidine groups is 1. The van der Waals surface area contributed by atoms with Crippen LogP contribution in [0.3, 0.4) is 0 Å². The first-order valence-corrected chi connectivity index (χ1v) is 7.55. The number of halogens is 1. The quantitative estimate of drug-likeness (QED) is 0.460. The molecule has 0 heterocycles. The summed E-state index contributed by atoms with van der Waals surface area (Å²) in [6, 6.07) is 13.4. The Hall–Kier alpha value is -2.54. The number of hydrogen-bond acceptors (Lipinski definition) is 4. The Morgan fingerprint density at radius 1 is 1.13 bits per heavy atom. The van der Waals surface area contributed by atoms with Gasteiger partial charge in [0, 0.05) is 4.47 Å². The number of nitrogens with zero attached hydrogens (tertiary/aromatic N) is 2. The first-order valence-electron chi connectivity index (χ1n) is 6.75. The molecular formula is C16H17BrN4O2. The summed E-state index contributed by atoms with van der Waals surface area (Å²) in [6.45, 7) is 0.449. The van der Waals surface area contributed by atoms with E-state index in [1.54, 1.807) is 13.2 Å². The van der Waals surface area contributed by atoms with Crippen LogP contribution in [-0.2, 0) is 6.61 Å². The molecule has 0 fully saturated rings.